The molecule has 4 nitrogen and oxygen atoms in total. The van der Waals surface area contributed by atoms with Crippen LogP contribution in [0.2, 0.25) is 0 Å². The summed E-state index contributed by atoms with van der Waals surface area (Å²) in [6.07, 6.45) is 13.7. The summed E-state index contributed by atoms with van der Waals surface area (Å²) in [5, 5.41) is 0. The van der Waals surface area contributed by atoms with Gasteiger partial charge in [-0.05, 0) is 31.0 Å². The second-order valence-electron chi connectivity index (χ2n) is 6.34. The Morgan fingerprint density at radius 1 is 0.808 bits per heavy atom. The number of rotatable bonds is 12. The van der Waals surface area contributed by atoms with Crippen molar-refractivity contribution in [2.45, 2.75) is 65.2 Å². The lowest BCUT2D eigenvalue weighted by atomic mass is 10.1. The summed E-state index contributed by atoms with van der Waals surface area (Å²) in [7, 11) is 0. The zero-order chi connectivity index (χ0) is 19.2. The Bertz CT molecular complexity index is 569. The number of ether oxygens (including phenoxy) is 2. The summed E-state index contributed by atoms with van der Waals surface area (Å²) in [6, 6.07) is 4.61. The zero-order valence-electron chi connectivity index (χ0n) is 16.0. The molecule has 26 heavy (non-hydrogen) atoms. The van der Waals surface area contributed by atoms with Crippen LogP contribution in [0.4, 0.5) is 0 Å². The predicted molar refractivity (Wildman–Crippen MR) is 103 cm³/mol. The summed E-state index contributed by atoms with van der Waals surface area (Å²) in [5.74, 6) is 1.55. The maximum Gasteiger partial charge on any atom is 0.338 e. The summed E-state index contributed by atoms with van der Waals surface area (Å²) in [5.41, 5.74) is 1.03. The van der Waals surface area contributed by atoms with Gasteiger partial charge in [-0.3, -0.25) is 0 Å². The van der Waals surface area contributed by atoms with Crippen molar-refractivity contribution >= 4 is 11.9 Å². The van der Waals surface area contributed by atoms with Gasteiger partial charge >= 0.3 is 11.9 Å². The van der Waals surface area contributed by atoms with E-state index in [9.17, 15) is 9.59 Å². The van der Waals surface area contributed by atoms with Gasteiger partial charge in [-0.15, -0.1) is 6.42 Å². The first-order valence-electron chi connectivity index (χ1n) is 9.58. The Morgan fingerprint density at radius 2 is 1.27 bits per heavy atom. The number of benzene rings is 1. The third-order valence-corrected chi connectivity index (χ3v) is 4.03. The molecule has 142 valence electrons. The molecule has 1 rings (SSSR count). The van der Waals surface area contributed by atoms with Crippen LogP contribution in [-0.2, 0) is 9.47 Å². The van der Waals surface area contributed by atoms with Gasteiger partial charge in [-0.2, -0.15) is 0 Å². The van der Waals surface area contributed by atoms with Gasteiger partial charge in [0.25, 0.3) is 0 Å². The van der Waals surface area contributed by atoms with E-state index in [-0.39, 0.29) is 11.1 Å². The lowest BCUT2D eigenvalue weighted by Crippen LogP contribution is -2.11. The quantitative estimate of drug-likeness (QED) is 0.295. The minimum atomic E-state index is -0.462. The van der Waals surface area contributed by atoms with E-state index in [1.165, 1.54) is 6.07 Å². The SMILES string of the molecule is C#Cc1cc(C(=O)OCCCCCC)cc(C(=O)OCCCCCC)c1. The third kappa shape index (κ3) is 8.20. The molecular weight excluding hydrogens is 328 g/mol. The summed E-state index contributed by atoms with van der Waals surface area (Å²) >= 11 is 0. The molecule has 0 aromatic heterocycles. The third-order valence-electron chi connectivity index (χ3n) is 4.03. The Balaban J connectivity index is 2.64. The Morgan fingerprint density at radius 3 is 1.65 bits per heavy atom. The second kappa shape index (κ2) is 13.0. The topological polar surface area (TPSA) is 52.6 Å². The molecule has 0 fully saturated rings. The largest absolute Gasteiger partial charge is 0.462 e. The van der Waals surface area contributed by atoms with Crippen molar-refractivity contribution in [2.24, 2.45) is 0 Å². The average molecular weight is 358 g/mol. The van der Waals surface area contributed by atoms with Crippen LogP contribution in [0, 0.1) is 12.3 Å². The normalized spacial score (nSPS) is 10.2. The molecule has 1 aromatic carbocycles. The Kier molecular flexibility index (Phi) is 10.9. The molecule has 0 saturated carbocycles. The molecule has 0 saturated heterocycles. The van der Waals surface area contributed by atoms with Gasteiger partial charge < -0.3 is 9.47 Å². The van der Waals surface area contributed by atoms with E-state index >= 15 is 0 Å². The molecule has 0 aliphatic heterocycles. The Hall–Kier alpha value is -2.28. The van der Waals surface area contributed by atoms with Gasteiger partial charge in [0.15, 0.2) is 0 Å². The highest BCUT2D eigenvalue weighted by molar-refractivity contribution is 5.96. The van der Waals surface area contributed by atoms with Crippen LogP contribution in [0.15, 0.2) is 18.2 Å². The van der Waals surface area contributed by atoms with Crippen LogP contribution in [0.3, 0.4) is 0 Å². The fourth-order valence-corrected chi connectivity index (χ4v) is 2.50. The maximum absolute atomic E-state index is 12.2. The molecule has 0 heterocycles. The van der Waals surface area contributed by atoms with E-state index in [1.807, 2.05) is 0 Å². The molecule has 0 aliphatic carbocycles. The van der Waals surface area contributed by atoms with Crippen molar-refractivity contribution < 1.29 is 19.1 Å². The molecule has 4 heteroatoms. The highest BCUT2D eigenvalue weighted by atomic mass is 16.5. The van der Waals surface area contributed by atoms with Gasteiger partial charge in [0.05, 0.1) is 24.3 Å². The standard InChI is InChI=1S/C22H30O4/c1-4-7-9-11-13-25-21(23)19-15-18(6-3)16-20(17-19)22(24)26-14-12-10-8-5-2/h3,15-17H,4-5,7-14H2,1-2H3. The smallest absolute Gasteiger partial charge is 0.338 e. The fraction of sp³-hybridized carbons (Fsp3) is 0.545. The lowest BCUT2D eigenvalue weighted by molar-refractivity contribution is 0.0496. The van der Waals surface area contributed by atoms with Crippen molar-refractivity contribution in [1.29, 1.82) is 0 Å². The van der Waals surface area contributed by atoms with E-state index in [0.717, 1.165) is 51.4 Å². The number of esters is 2. The van der Waals surface area contributed by atoms with Gasteiger partial charge in [0.1, 0.15) is 0 Å². The van der Waals surface area contributed by atoms with E-state index in [1.54, 1.807) is 12.1 Å². The van der Waals surface area contributed by atoms with Crippen LogP contribution in [0.1, 0.15) is 91.5 Å². The molecule has 0 radical (unpaired) electrons. The van der Waals surface area contributed by atoms with Crippen molar-refractivity contribution in [2.75, 3.05) is 13.2 Å². The van der Waals surface area contributed by atoms with E-state index in [4.69, 9.17) is 15.9 Å². The highest BCUT2D eigenvalue weighted by Gasteiger charge is 2.14. The van der Waals surface area contributed by atoms with Crippen molar-refractivity contribution in [3.05, 3.63) is 34.9 Å². The van der Waals surface area contributed by atoms with Crippen LogP contribution >= 0.6 is 0 Å². The van der Waals surface area contributed by atoms with Crippen LogP contribution < -0.4 is 0 Å². The average Bonchev–Trinajstić information content (AvgIpc) is 2.66. The summed E-state index contributed by atoms with van der Waals surface area (Å²) in [4.78, 5) is 24.4. The minimum Gasteiger partial charge on any atom is -0.462 e. The van der Waals surface area contributed by atoms with E-state index < -0.39 is 11.9 Å². The summed E-state index contributed by atoms with van der Waals surface area (Å²) in [6.45, 7) is 5.00. The first-order valence-corrected chi connectivity index (χ1v) is 9.58. The first kappa shape index (κ1) is 21.8. The van der Waals surface area contributed by atoms with Gasteiger partial charge in [-0.25, -0.2) is 9.59 Å². The number of hydrogen-bond donors (Lipinski definition) is 0. The van der Waals surface area contributed by atoms with E-state index in [0.29, 0.717) is 18.8 Å². The molecule has 0 bridgehead atoms. The highest BCUT2D eigenvalue weighted by Crippen LogP contribution is 2.13. The first-order chi connectivity index (χ1) is 12.6. The molecule has 0 spiro atoms. The maximum atomic E-state index is 12.2. The molecule has 0 N–H and O–H groups in total. The second-order valence-corrected chi connectivity index (χ2v) is 6.34. The zero-order valence-corrected chi connectivity index (χ0v) is 16.0. The monoisotopic (exact) mass is 358 g/mol. The van der Waals surface area contributed by atoms with E-state index in [2.05, 4.69) is 19.8 Å². The van der Waals surface area contributed by atoms with Crippen molar-refractivity contribution in [3.8, 4) is 12.3 Å². The molecule has 0 amide bonds. The molecule has 0 aliphatic rings. The number of unbranched alkanes of at least 4 members (excludes halogenated alkanes) is 6. The van der Waals surface area contributed by atoms with Crippen molar-refractivity contribution in [3.63, 3.8) is 0 Å². The van der Waals surface area contributed by atoms with Crippen LogP contribution in [0.5, 0.6) is 0 Å². The molecule has 0 unspecified atom stereocenters. The van der Waals surface area contributed by atoms with Gasteiger partial charge in [0.2, 0.25) is 0 Å². The number of terminal acetylenes is 1. The van der Waals surface area contributed by atoms with Gasteiger partial charge in [0, 0.05) is 5.56 Å². The van der Waals surface area contributed by atoms with Crippen molar-refractivity contribution in [1.82, 2.24) is 0 Å². The number of carbonyl (C=O) groups excluding carboxylic acids is 2. The number of carbonyl (C=O) groups is 2. The minimum absolute atomic E-state index is 0.286. The fourth-order valence-electron chi connectivity index (χ4n) is 2.50. The lowest BCUT2D eigenvalue weighted by Gasteiger charge is -2.08. The predicted octanol–water partition coefficient (Wildman–Crippen LogP) is 5.14. The molecule has 1 aromatic rings. The van der Waals surface area contributed by atoms with Crippen LogP contribution in [0.25, 0.3) is 0 Å². The number of hydrogen-bond acceptors (Lipinski definition) is 4. The molecular formula is C22H30O4. The molecule has 0 atom stereocenters. The summed E-state index contributed by atoms with van der Waals surface area (Å²) < 4.78 is 10.5. The Labute approximate surface area is 157 Å². The van der Waals surface area contributed by atoms with Gasteiger partial charge in [-0.1, -0.05) is 58.3 Å². The van der Waals surface area contributed by atoms with Crippen LogP contribution in [-0.4, -0.2) is 25.2 Å².